The summed E-state index contributed by atoms with van der Waals surface area (Å²) < 4.78 is 11.1. The lowest BCUT2D eigenvalue weighted by atomic mass is 9.99. The number of aliphatic hydroxyl groups excluding tert-OH is 4. The van der Waals surface area contributed by atoms with Gasteiger partial charge in [0.1, 0.15) is 30.2 Å². The smallest absolute Gasteiger partial charge is 0.229 e. The summed E-state index contributed by atoms with van der Waals surface area (Å²) in [5, 5.41) is 40.9. The van der Waals surface area contributed by atoms with Crippen LogP contribution in [0.25, 0.3) is 0 Å². The summed E-state index contributed by atoms with van der Waals surface area (Å²) in [6, 6.07) is 9.93. The van der Waals surface area contributed by atoms with Crippen LogP contribution in [0.1, 0.15) is 16.0 Å². The van der Waals surface area contributed by atoms with Gasteiger partial charge in [0.25, 0.3) is 0 Å². The first-order chi connectivity index (χ1) is 12.0. The van der Waals surface area contributed by atoms with Crippen LogP contribution in [0, 0.1) is 6.92 Å². The fraction of sp³-hybridized carbons (Fsp3) is 0.444. The zero-order valence-corrected chi connectivity index (χ0v) is 14.6. The van der Waals surface area contributed by atoms with Gasteiger partial charge in [0.2, 0.25) is 6.29 Å². The average molecular weight is 366 g/mol. The number of benzene rings is 1. The fourth-order valence-electron chi connectivity index (χ4n) is 2.86. The van der Waals surface area contributed by atoms with Crippen molar-refractivity contribution < 1.29 is 29.9 Å². The molecule has 1 saturated heterocycles. The van der Waals surface area contributed by atoms with Crippen LogP contribution in [0.2, 0.25) is 0 Å². The van der Waals surface area contributed by atoms with E-state index in [1.165, 1.54) is 16.9 Å². The lowest BCUT2D eigenvalue weighted by Gasteiger charge is -2.39. The maximum absolute atomic E-state index is 10.1. The third kappa shape index (κ3) is 4.03. The second-order valence-corrected chi connectivity index (χ2v) is 7.19. The first kappa shape index (κ1) is 18.3. The Labute approximate surface area is 149 Å². The molecule has 0 radical (unpaired) electrons. The summed E-state index contributed by atoms with van der Waals surface area (Å²) in [7, 11) is 0. The Balaban J connectivity index is 1.74. The lowest BCUT2D eigenvalue weighted by molar-refractivity contribution is -0.277. The molecule has 0 aliphatic carbocycles. The van der Waals surface area contributed by atoms with Crippen LogP contribution in [-0.2, 0) is 11.2 Å². The van der Waals surface area contributed by atoms with Crippen molar-refractivity contribution >= 4 is 11.3 Å². The molecule has 136 valence electrons. The van der Waals surface area contributed by atoms with Crippen molar-refractivity contribution in [3.63, 3.8) is 0 Å². The van der Waals surface area contributed by atoms with Crippen molar-refractivity contribution in [3.05, 3.63) is 51.7 Å². The minimum Gasteiger partial charge on any atom is -0.461 e. The highest BCUT2D eigenvalue weighted by molar-refractivity contribution is 7.10. The summed E-state index contributed by atoms with van der Waals surface area (Å²) in [5.74, 6) is 0.552. The van der Waals surface area contributed by atoms with E-state index in [-0.39, 0.29) is 0 Å². The highest BCUT2D eigenvalue weighted by Gasteiger charge is 2.44. The van der Waals surface area contributed by atoms with Gasteiger partial charge in [-0.25, -0.2) is 0 Å². The molecule has 0 saturated carbocycles. The Morgan fingerprint density at radius 1 is 1.12 bits per heavy atom. The van der Waals surface area contributed by atoms with Crippen LogP contribution in [0.3, 0.4) is 0 Å². The molecule has 6 nitrogen and oxygen atoms in total. The van der Waals surface area contributed by atoms with Crippen LogP contribution in [-0.4, -0.2) is 57.7 Å². The van der Waals surface area contributed by atoms with E-state index in [2.05, 4.69) is 6.07 Å². The predicted molar refractivity (Wildman–Crippen MR) is 92.7 cm³/mol. The topological polar surface area (TPSA) is 99.4 Å². The lowest BCUT2D eigenvalue weighted by Crippen LogP contribution is -2.60. The van der Waals surface area contributed by atoms with Crippen molar-refractivity contribution in [1.82, 2.24) is 0 Å². The van der Waals surface area contributed by atoms with Gasteiger partial charge < -0.3 is 29.9 Å². The van der Waals surface area contributed by atoms with Crippen molar-refractivity contribution in [3.8, 4) is 5.75 Å². The van der Waals surface area contributed by atoms with Crippen molar-refractivity contribution in [1.29, 1.82) is 0 Å². The van der Waals surface area contributed by atoms with E-state index in [1.54, 1.807) is 6.07 Å². The Kier molecular flexibility index (Phi) is 5.73. The van der Waals surface area contributed by atoms with Gasteiger partial charge in [0, 0.05) is 6.42 Å². The van der Waals surface area contributed by atoms with Crippen molar-refractivity contribution in [2.24, 2.45) is 0 Å². The number of aryl methyl sites for hydroxylation is 1. The van der Waals surface area contributed by atoms with Crippen LogP contribution in [0.4, 0.5) is 0 Å². The summed E-state index contributed by atoms with van der Waals surface area (Å²) in [6.45, 7) is 1.55. The van der Waals surface area contributed by atoms with E-state index < -0.39 is 37.3 Å². The number of hydrogen-bond donors (Lipinski definition) is 4. The number of hydrogen-bond acceptors (Lipinski definition) is 7. The third-order valence-corrected chi connectivity index (χ3v) is 5.15. The third-order valence-electron chi connectivity index (χ3n) is 4.24. The monoisotopic (exact) mass is 366 g/mol. The first-order valence-corrected chi connectivity index (χ1v) is 8.96. The molecule has 7 heteroatoms. The Morgan fingerprint density at radius 3 is 2.64 bits per heavy atom. The molecule has 5 unspecified atom stereocenters. The Bertz CT molecular complexity index is 700. The molecule has 2 aromatic rings. The first-order valence-electron chi connectivity index (χ1n) is 8.08. The van der Waals surface area contributed by atoms with Crippen LogP contribution < -0.4 is 4.74 Å². The van der Waals surface area contributed by atoms with E-state index in [1.807, 2.05) is 30.5 Å². The molecule has 25 heavy (non-hydrogen) atoms. The number of ether oxygens (including phenoxy) is 2. The molecule has 3 rings (SSSR count). The Hall–Kier alpha value is -1.48. The van der Waals surface area contributed by atoms with Crippen LogP contribution in [0.5, 0.6) is 5.75 Å². The standard InChI is InChI=1S/C18H22O6S/c1-10-3-2-4-11(7-10)8-14-12(5-6-25-14)23-18-17(22)16(21)15(20)13(9-19)24-18/h2-7,13,15-22H,8-9H2,1H3. The fourth-order valence-corrected chi connectivity index (χ4v) is 3.70. The molecular formula is C18H22O6S. The van der Waals surface area contributed by atoms with Crippen molar-refractivity contribution in [2.75, 3.05) is 6.61 Å². The number of thiophene rings is 1. The average Bonchev–Trinajstić information content (AvgIpc) is 3.02. The molecule has 2 heterocycles. The normalized spacial score (nSPS) is 29.6. The largest absolute Gasteiger partial charge is 0.461 e. The molecule has 4 N–H and O–H groups in total. The van der Waals surface area contributed by atoms with E-state index in [4.69, 9.17) is 9.47 Å². The van der Waals surface area contributed by atoms with E-state index >= 15 is 0 Å². The van der Waals surface area contributed by atoms with Gasteiger partial charge in [0.15, 0.2) is 0 Å². The SMILES string of the molecule is Cc1cccc(Cc2sccc2OC2OC(CO)C(O)C(O)C2O)c1. The van der Waals surface area contributed by atoms with Crippen molar-refractivity contribution in [2.45, 2.75) is 44.1 Å². The molecule has 5 atom stereocenters. The van der Waals surface area contributed by atoms with Gasteiger partial charge in [-0.2, -0.15) is 0 Å². The van der Waals surface area contributed by atoms with Gasteiger partial charge in [-0.3, -0.25) is 0 Å². The minimum absolute atomic E-state index is 0.482. The molecule has 0 spiro atoms. The zero-order chi connectivity index (χ0) is 18.0. The summed E-state index contributed by atoms with van der Waals surface area (Å²) in [4.78, 5) is 0.961. The van der Waals surface area contributed by atoms with E-state index in [9.17, 15) is 20.4 Å². The molecule has 1 fully saturated rings. The summed E-state index contributed by atoms with van der Waals surface area (Å²) in [6.07, 6.45) is -5.73. The maximum Gasteiger partial charge on any atom is 0.229 e. The minimum atomic E-state index is -1.45. The molecule has 1 aromatic heterocycles. The van der Waals surface area contributed by atoms with Gasteiger partial charge >= 0.3 is 0 Å². The second kappa shape index (κ2) is 7.82. The molecular weight excluding hydrogens is 344 g/mol. The van der Waals surface area contributed by atoms with E-state index in [0.717, 1.165) is 10.4 Å². The quantitative estimate of drug-likeness (QED) is 0.626. The van der Waals surface area contributed by atoms with Gasteiger partial charge in [0.05, 0.1) is 11.5 Å². The predicted octanol–water partition coefficient (Wildman–Crippen LogP) is 0.826. The summed E-state index contributed by atoms with van der Waals surface area (Å²) >= 11 is 1.52. The molecule has 1 aliphatic heterocycles. The summed E-state index contributed by atoms with van der Waals surface area (Å²) in [5.41, 5.74) is 2.31. The molecule has 0 amide bonds. The van der Waals surface area contributed by atoms with E-state index in [0.29, 0.717) is 12.2 Å². The van der Waals surface area contributed by atoms with Gasteiger partial charge in [-0.1, -0.05) is 29.8 Å². The number of rotatable bonds is 5. The van der Waals surface area contributed by atoms with Gasteiger partial charge in [-0.05, 0) is 23.9 Å². The molecule has 0 bridgehead atoms. The highest BCUT2D eigenvalue weighted by Crippen LogP contribution is 2.31. The highest BCUT2D eigenvalue weighted by atomic mass is 32.1. The van der Waals surface area contributed by atoms with Crippen LogP contribution in [0.15, 0.2) is 35.7 Å². The van der Waals surface area contributed by atoms with Crippen LogP contribution >= 0.6 is 11.3 Å². The molecule has 1 aromatic carbocycles. The second-order valence-electron chi connectivity index (χ2n) is 6.19. The number of aliphatic hydroxyl groups is 4. The zero-order valence-electron chi connectivity index (χ0n) is 13.8. The van der Waals surface area contributed by atoms with Gasteiger partial charge in [-0.15, -0.1) is 11.3 Å². The molecule has 1 aliphatic rings. The maximum atomic E-state index is 10.1. The Morgan fingerprint density at radius 2 is 1.92 bits per heavy atom.